The van der Waals surface area contributed by atoms with E-state index in [9.17, 15) is 4.79 Å². The van der Waals surface area contributed by atoms with Crippen molar-refractivity contribution in [1.82, 2.24) is 14.6 Å². The van der Waals surface area contributed by atoms with E-state index in [1.54, 1.807) is 11.6 Å². The van der Waals surface area contributed by atoms with E-state index in [0.717, 1.165) is 0 Å². The summed E-state index contributed by atoms with van der Waals surface area (Å²) in [5.74, 6) is 0. The number of aromatic nitrogens is 3. The lowest BCUT2D eigenvalue weighted by Crippen LogP contribution is -2.11. The van der Waals surface area contributed by atoms with Gasteiger partial charge in [0.2, 0.25) is 4.96 Å². The van der Waals surface area contributed by atoms with Gasteiger partial charge in [0.05, 0.1) is 0 Å². The Bertz CT molecular complexity index is 404. The van der Waals surface area contributed by atoms with Crippen LogP contribution in [0.2, 0.25) is 0 Å². The minimum absolute atomic E-state index is 0.133. The van der Waals surface area contributed by atoms with E-state index in [2.05, 4.69) is 10.2 Å². The highest BCUT2D eigenvalue weighted by atomic mass is 32.1. The molecule has 0 N–H and O–H groups in total. The highest BCUT2D eigenvalue weighted by Gasteiger charge is 1.94. The van der Waals surface area contributed by atoms with Crippen LogP contribution in [0.15, 0.2) is 22.6 Å². The van der Waals surface area contributed by atoms with Crippen molar-refractivity contribution in [3.63, 3.8) is 0 Å². The summed E-state index contributed by atoms with van der Waals surface area (Å²) in [6, 6.07) is 0. The van der Waals surface area contributed by atoms with Crippen molar-refractivity contribution in [2.45, 2.75) is 0 Å². The molecule has 0 bridgehead atoms. The van der Waals surface area contributed by atoms with Crippen molar-refractivity contribution in [3.8, 4) is 0 Å². The van der Waals surface area contributed by atoms with Crippen LogP contribution in [0.4, 0.5) is 0 Å². The summed E-state index contributed by atoms with van der Waals surface area (Å²) in [7, 11) is 0. The van der Waals surface area contributed by atoms with Crippen LogP contribution in [-0.2, 0) is 0 Å². The van der Waals surface area contributed by atoms with Gasteiger partial charge in [-0.2, -0.15) is 5.10 Å². The van der Waals surface area contributed by atoms with E-state index in [1.807, 2.05) is 0 Å². The van der Waals surface area contributed by atoms with E-state index in [-0.39, 0.29) is 5.56 Å². The van der Waals surface area contributed by atoms with E-state index in [0.29, 0.717) is 4.96 Å². The van der Waals surface area contributed by atoms with Gasteiger partial charge in [-0.3, -0.25) is 9.20 Å². The van der Waals surface area contributed by atoms with Crippen molar-refractivity contribution in [1.29, 1.82) is 0 Å². The summed E-state index contributed by atoms with van der Waals surface area (Å²) >= 11 is 1.39. The molecule has 0 aromatic carbocycles. The summed E-state index contributed by atoms with van der Waals surface area (Å²) in [6.07, 6.45) is 2.87. The Morgan fingerprint density at radius 3 is 3.30 bits per heavy atom. The summed E-state index contributed by atoms with van der Waals surface area (Å²) in [5.41, 5.74) is -0.133. The highest BCUT2D eigenvalue weighted by molar-refractivity contribution is 7.15. The second kappa shape index (κ2) is 1.88. The van der Waals surface area contributed by atoms with Crippen molar-refractivity contribution in [2.75, 3.05) is 0 Å². The Labute approximate surface area is 59.8 Å². The molecule has 0 radical (unpaired) electrons. The number of thiazole rings is 1. The average molecular weight is 153 g/mol. The third-order valence-corrected chi connectivity index (χ3v) is 1.89. The molecule has 0 unspecified atom stereocenters. The highest BCUT2D eigenvalue weighted by Crippen LogP contribution is 2.01. The Morgan fingerprint density at radius 1 is 1.60 bits per heavy atom. The fourth-order valence-corrected chi connectivity index (χ4v) is 1.36. The van der Waals surface area contributed by atoms with Gasteiger partial charge in [0.15, 0.2) is 0 Å². The van der Waals surface area contributed by atoms with Gasteiger partial charge in [0, 0.05) is 11.6 Å². The molecule has 0 aliphatic carbocycles. The zero-order chi connectivity index (χ0) is 6.97. The first-order valence-electron chi connectivity index (χ1n) is 2.65. The number of rotatable bonds is 0. The van der Waals surface area contributed by atoms with Gasteiger partial charge < -0.3 is 0 Å². The molecule has 0 spiro atoms. The predicted molar refractivity (Wildman–Crippen MR) is 37.1 cm³/mol. The summed E-state index contributed by atoms with van der Waals surface area (Å²) in [6.45, 7) is 0. The SMILES string of the molecule is O=c1cnnc2sccn12. The van der Waals surface area contributed by atoms with E-state index in [1.165, 1.54) is 21.9 Å². The lowest BCUT2D eigenvalue weighted by atomic mass is 10.8. The van der Waals surface area contributed by atoms with Crippen LogP contribution in [0.25, 0.3) is 4.96 Å². The summed E-state index contributed by atoms with van der Waals surface area (Å²) in [4.78, 5) is 11.5. The first-order valence-corrected chi connectivity index (χ1v) is 3.53. The molecule has 2 aromatic heterocycles. The van der Waals surface area contributed by atoms with Gasteiger partial charge in [-0.15, -0.1) is 16.4 Å². The van der Waals surface area contributed by atoms with Crippen molar-refractivity contribution < 1.29 is 0 Å². The van der Waals surface area contributed by atoms with Crippen molar-refractivity contribution in [2.24, 2.45) is 0 Å². The van der Waals surface area contributed by atoms with Gasteiger partial charge in [0.1, 0.15) is 6.20 Å². The third kappa shape index (κ3) is 0.640. The van der Waals surface area contributed by atoms with Crippen LogP contribution in [0.1, 0.15) is 0 Å². The van der Waals surface area contributed by atoms with E-state index >= 15 is 0 Å². The monoisotopic (exact) mass is 153 g/mol. The van der Waals surface area contributed by atoms with Gasteiger partial charge in [-0.25, -0.2) is 0 Å². The minimum Gasteiger partial charge on any atom is -0.267 e. The molecule has 2 rings (SSSR count). The molecule has 2 aromatic rings. The number of hydrogen-bond donors (Lipinski definition) is 0. The predicted octanol–water partition coefficient (Wildman–Crippen LogP) is 0.151. The summed E-state index contributed by atoms with van der Waals surface area (Å²) < 4.78 is 1.46. The molecule has 0 saturated heterocycles. The molecule has 5 heteroatoms. The lowest BCUT2D eigenvalue weighted by Gasteiger charge is -1.84. The quantitative estimate of drug-likeness (QED) is 0.541. The maximum atomic E-state index is 10.9. The largest absolute Gasteiger partial charge is 0.277 e. The molecule has 0 saturated carbocycles. The van der Waals surface area contributed by atoms with Crippen LogP contribution >= 0.6 is 11.3 Å². The normalized spacial score (nSPS) is 10.4. The second-order valence-electron chi connectivity index (χ2n) is 1.74. The van der Waals surface area contributed by atoms with Crippen molar-refractivity contribution >= 4 is 16.3 Å². The van der Waals surface area contributed by atoms with Crippen LogP contribution in [0.3, 0.4) is 0 Å². The Hall–Kier alpha value is -1.23. The molecule has 10 heavy (non-hydrogen) atoms. The molecule has 0 amide bonds. The summed E-state index contributed by atoms with van der Waals surface area (Å²) in [5, 5.41) is 9.04. The first kappa shape index (κ1) is 5.55. The Balaban J connectivity index is 3.09. The number of fused-ring (bicyclic) bond motifs is 1. The standard InChI is InChI=1S/C5H3N3OS/c9-4-3-6-7-5-8(4)1-2-10-5/h1-3H. The topological polar surface area (TPSA) is 47.3 Å². The van der Waals surface area contributed by atoms with Crippen LogP contribution in [0.5, 0.6) is 0 Å². The van der Waals surface area contributed by atoms with Crippen molar-refractivity contribution in [3.05, 3.63) is 28.1 Å². The first-order chi connectivity index (χ1) is 4.88. The van der Waals surface area contributed by atoms with Gasteiger partial charge in [0.25, 0.3) is 5.56 Å². The Morgan fingerprint density at radius 2 is 2.50 bits per heavy atom. The van der Waals surface area contributed by atoms with Crippen LogP contribution < -0.4 is 5.56 Å². The number of hydrogen-bond acceptors (Lipinski definition) is 4. The van der Waals surface area contributed by atoms with Gasteiger partial charge >= 0.3 is 0 Å². The fraction of sp³-hybridized carbons (Fsp3) is 0. The molecule has 4 nitrogen and oxygen atoms in total. The van der Waals surface area contributed by atoms with E-state index < -0.39 is 0 Å². The molecular formula is C5H3N3OS. The molecule has 0 aliphatic rings. The molecule has 0 fully saturated rings. The lowest BCUT2D eigenvalue weighted by molar-refractivity contribution is 0.955. The third-order valence-electron chi connectivity index (χ3n) is 1.14. The maximum Gasteiger partial charge on any atom is 0.277 e. The van der Waals surface area contributed by atoms with Gasteiger partial charge in [-0.05, 0) is 0 Å². The van der Waals surface area contributed by atoms with Crippen LogP contribution in [-0.4, -0.2) is 14.6 Å². The molecule has 2 heterocycles. The average Bonchev–Trinajstić information content (AvgIpc) is 2.36. The fourth-order valence-electron chi connectivity index (χ4n) is 0.702. The molecule has 50 valence electrons. The van der Waals surface area contributed by atoms with Gasteiger partial charge in [-0.1, -0.05) is 0 Å². The Kier molecular flexibility index (Phi) is 1.04. The van der Waals surface area contributed by atoms with Crippen LogP contribution in [0, 0.1) is 0 Å². The minimum atomic E-state index is -0.133. The zero-order valence-electron chi connectivity index (χ0n) is 4.89. The maximum absolute atomic E-state index is 10.9. The molecular weight excluding hydrogens is 150 g/mol. The van der Waals surface area contributed by atoms with E-state index in [4.69, 9.17) is 0 Å². The smallest absolute Gasteiger partial charge is 0.267 e. The zero-order valence-corrected chi connectivity index (χ0v) is 5.71. The second-order valence-corrected chi connectivity index (χ2v) is 2.61. The molecule has 0 atom stereocenters. The number of nitrogens with zero attached hydrogens (tertiary/aromatic N) is 3. The molecule has 0 aliphatic heterocycles.